The second kappa shape index (κ2) is 7.68. The molecule has 1 aliphatic heterocycles. The predicted molar refractivity (Wildman–Crippen MR) is 115 cm³/mol. The van der Waals surface area contributed by atoms with Gasteiger partial charge in [0.25, 0.3) is 0 Å². The molecule has 0 aliphatic carbocycles. The Bertz CT molecular complexity index is 1260. The average Bonchev–Trinajstić information content (AvgIpc) is 3.34. The first kappa shape index (κ1) is 18.4. The summed E-state index contributed by atoms with van der Waals surface area (Å²) in [7, 11) is 0. The molecule has 5 nitrogen and oxygen atoms in total. The van der Waals surface area contributed by atoms with Crippen molar-refractivity contribution < 1.29 is 9.47 Å². The molecule has 146 valence electrons. The van der Waals surface area contributed by atoms with Crippen molar-refractivity contribution in [3.8, 4) is 28.5 Å². The van der Waals surface area contributed by atoms with Crippen LogP contribution in [0.3, 0.4) is 0 Å². The van der Waals surface area contributed by atoms with E-state index in [0.717, 1.165) is 44.5 Å². The molecule has 0 radical (unpaired) electrons. The van der Waals surface area contributed by atoms with E-state index in [1.165, 1.54) is 0 Å². The van der Waals surface area contributed by atoms with Crippen LogP contribution in [0, 0.1) is 18.3 Å². The zero-order valence-electron chi connectivity index (χ0n) is 16.5. The van der Waals surface area contributed by atoms with Gasteiger partial charge in [-0.3, -0.25) is 4.98 Å². The molecule has 0 amide bonds. The van der Waals surface area contributed by atoms with Crippen LogP contribution >= 0.6 is 0 Å². The fraction of sp³-hybridized carbons (Fsp3) is 0.160. The van der Waals surface area contributed by atoms with Crippen molar-refractivity contribution in [2.24, 2.45) is 0 Å². The van der Waals surface area contributed by atoms with Crippen LogP contribution in [0.25, 0.3) is 33.3 Å². The minimum atomic E-state index is -0.319. The maximum absolute atomic E-state index is 10.1. The number of pyridine rings is 2. The van der Waals surface area contributed by atoms with Crippen molar-refractivity contribution in [2.45, 2.75) is 13.2 Å². The highest BCUT2D eigenvalue weighted by atomic mass is 16.7. The third kappa shape index (κ3) is 3.13. The number of hydrogen-bond donors (Lipinski definition) is 0. The van der Waals surface area contributed by atoms with Gasteiger partial charge >= 0.3 is 0 Å². The van der Waals surface area contributed by atoms with E-state index in [0.29, 0.717) is 18.8 Å². The summed E-state index contributed by atoms with van der Waals surface area (Å²) in [6.45, 7) is 3.13. The van der Waals surface area contributed by atoms with Crippen LogP contribution < -0.4 is 0 Å². The lowest BCUT2D eigenvalue weighted by Crippen LogP contribution is -2.00. The van der Waals surface area contributed by atoms with E-state index in [4.69, 9.17) is 14.5 Å². The highest BCUT2D eigenvalue weighted by molar-refractivity contribution is 5.98. The van der Waals surface area contributed by atoms with Gasteiger partial charge in [-0.2, -0.15) is 5.26 Å². The SMILES string of the molecule is Cc1nccc2nc(-c3ccc(C4OCCO4)cc3)c(-c3ccccc3)c(C#N)c12. The smallest absolute Gasteiger partial charge is 0.184 e. The number of rotatable bonds is 3. The second-order valence-electron chi connectivity index (χ2n) is 7.17. The van der Waals surface area contributed by atoms with Gasteiger partial charge in [0.15, 0.2) is 6.29 Å². The predicted octanol–water partition coefficient (Wildman–Crippen LogP) is 5.19. The van der Waals surface area contributed by atoms with E-state index in [2.05, 4.69) is 11.1 Å². The van der Waals surface area contributed by atoms with Crippen LogP contribution in [0.4, 0.5) is 0 Å². The Morgan fingerprint density at radius 1 is 0.933 bits per heavy atom. The fourth-order valence-corrected chi connectivity index (χ4v) is 3.93. The monoisotopic (exact) mass is 393 g/mol. The van der Waals surface area contributed by atoms with Gasteiger partial charge in [-0.05, 0) is 18.6 Å². The molecule has 0 bridgehead atoms. The van der Waals surface area contributed by atoms with Crippen molar-refractivity contribution in [1.82, 2.24) is 9.97 Å². The third-order valence-electron chi connectivity index (χ3n) is 5.34. The largest absolute Gasteiger partial charge is 0.346 e. The Morgan fingerprint density at radius 2 is 1.67 bits per heavy atom. The summed E-state index contributed by atoms with van der Waals surface area (Å²) in [6, 6.07) is 22.2. The third-order valence-corrected chi connectivity index (χ3v) is 5.34. The van der Waals surface area contributed by atoms with Crippen molar-refractivity contribution in [1.29, 1.82) is 5.26 Å². The molecule has 5 rings (SSSR count). The number of nitriles is 1. The molecule has 0 saturated carbocycles. The zero-order chi connectivity index (χ0) is 20.5. The number of fused-ring (bicyclic) bond motifs is 1. The summed E-state index contributed by atoms with van der Waals surface area (Å²) in [5, 5.41) is 10.9. The summed E-state index contributed by atoms with van der Waals surface area (Å²) < 4.78 is 11.2. The first-order valence-electron chi connectivity index (χ1n) is 9.84. The van der Waals surface area contributed by atoms with Crippen molar-refractivity contribution in [3.63, 3.8) is 0 Å². The Morgan fingerprint density at radius 3 is 2.37 bits per heavy atom. The Hall–Kier alpha value is -3.59. The molecule has 2 aromatic heterocycles. The fourth-order valence-electron chi connectivity index (χ4n) is 3.93. The molecule has 3 heterocycles. The Kier molecular flexibility index (Phi) is 4.72. The summed E-state index contributed by atoms with van der Waals surface area (Å²) in [4.78, 5) is 9.35. The Balaban J connectivity index is 1.76. The van der Waals surface area contributed by atoms with Gasteiger partial charge in [0.05, 0.1) is 30.0 Å². The maximum atomic E-state index is 10.1. The standard InChI is InChI=1S/C25H19N3O2/c1-16-22-20(15-26)23(17-5-3-2-4-6-17)24(28-21(22)11-12-27-16)18-7-9-19(10-8-18)25-29-13-14-30-25/h2-12,25H,13-14H2,1H3. The van der Waals surface area contributed by atoms with Crippen molar-refractivity contribution >= 4 is 10.9 Å². The van der Waals surface area contributed by atoms with Crippen LogP contribution in [0.1, 0.15) is 23.1 Å². The molecule has 0 unspecified atom stereocenters. The molecule has 4 aromatic rings. The second-order valence-corrected chi connectivity index (χ2v) is 7.17. The molecule has 1 aliphatic rings. The highest BCUT2D eigenvalue weighted by Crippen LogP contribution is 2.38. The number of aryl methyl sites for hydroxylation is 1. The van der Waals surface area contributed by atoms with Gasteiger partial charge in [-0.25, -0.2) is 4.98 Å². The minimum Gasteiger partial charge on any atom is -0.346 e. The molecule has 5 heteroatoms. The lowest BCUT2D eigenvalue weighted by atomic mass is 9.91. The lowest BCUT2D eigenvalue weighted by Gasteiger charge is -2.16. The summed E-state index contributed by atoms with van der Waals surface area (Å²) in [5.74, 6) is 0. The van der Waals surface area contributed by atoms with Crippen LogP contribution in [-0.4, -0.2) is 23.2 Å². The van der Waals surface area contributed by atoms with Crippen LogP contribution in [0.5, 0.6) is 0 Å². The van der Waals surface area contributed by atoms with Crippen molar-refractivity contribution in [3.05, 3.63) is 83.7 Å². The van der Waals surface area contributed by atoms with Gasteiger partial charge < -0.3 is 9.47 Å². The Labute approximate surface area is 174 Å². The first-order chi connectivity index (χ1) is 14.8. The number of ether oxygens (including phenoxy) is 2. The first-order valence-corrected chi connectivity index (χ1v) is 9.84. The quantitative estimate of drug-likeness (QED) is 0.479. The van der Waals surface area contributed by atoms with E-state index in [1.54, 1.807) is 6.20 Å². The minimum absolute atomic E-state index is 0.319. The van der Waals surface area contributed by atoms with E-state index >= 15 is 0 Å². The van der Waals surface area contributed by atoms with E-state index < -0.39 is 0 Å². The van der Waals surface area contributed by atoms with Crippen molar-refractivity contribution in [2.75, 3.05) is 13.2 Å². The summed E-state index contributed by atoms with van der Waals surface area (Å²) in [5.41, 5.74) is 6.61. The number of hydrogen-bond acceptors (Lipinski definition) is 5. The summed E-state index contributed by atoms with van der Waals surface area (Å²) >= 11 is 0. The van der Waals surface area contributed by atoms with Crippen LogP contribution in [0.15, 0.2) is 66.9 Å². The molecule has 1 fully saturated rings. The maximum Gasteiger partial charge on any atom is 0.184 e. The number of benzene rings is 2. The van der Waals surface area contributed by atoms with Gasteiger partial charge in [-0.15, -0.1) is 0 Å². The number of nitrogens with zero attached hydrogens (tertiary/aromatic N) is 3. The molecular weight excluding hydrogens is 374 g/mol. The normalized spacial score (nSPS) is 14.1. The lowest BCUT2D eigenvalue weighted by molar-refractivity contribution is -0.0441. The molecular formula is C25H19N3O2. The molecule has 0 N–H and O–H groups in total. The summed E-state index contributed by atoms with van der Waals surface area (Å²) in [6.07, 6.45) is 1.41. The molecule has 30 heavy (non-hydrogen) atoms. The van der Waals surface area contributed by atoms with E-state index in [9.17, 15) is 5.26 Å². The molecule has 0 spiro atoms. The molecule has 0 atom stereocenters. The zero-order valence-corrected chi connectivity index (χ0v) is 16.5. The molecule has 2 aromatic carbocycles. The average molecular weight is 393 g/mol. The highest BCUT2D eigenvalue weighted by Gasteiger charge is 2.21. The van der Waals surface area contributed by atoms with Crippen LogP contribution in [-0.2, 0) is 9.47 Å². The van der Waals surface area contributed by atoms with Gasteiger partial charge in [-0.1, -0.05) is 54.6 Å². The van der Waals surface area contributed by atoms with Gasteiger partial charge in [0.2, 0.25) is 0 Å². The number of aromatic nitrogens is 2. The molecule has 1 saturated heterocycles. The van der Waals surface area contributed by atoms with Gasteiger partial charge in [0, 0.05) is 34.0 Å². The topological polar surface area (TPSA) is 68.0 Å². The van der Waals surface area contributed by atoms with Crippen LogP contribution in [0.2, 0.25) is 0 Å². The van der Waals surface area contributed by atoms with E-state index in [1.807, 2.05) is 67.6 Å². The van der Waals surface area contributed by atoms with E-state index in [-0.39, 0.29) is 6.29 Å². The van der Waals surface area contributed by atoms with Gasteiger partial charge in [0.1, 0.15) is 6.07 Å².